The highest BCUT2D eigenvalue weighted by molar-refractivity contribution is 8.93. The van der Waals surface area contributed by atoms with Gasteiger partial charge in [-0.05, 0) is 73.7 Å². The molecule has 2 heterocycles. The third-order valence-corrected chi connectivity index (χ3v) is 8.37. The van der Waals surface area contributed by atoms with Gasteiger partial charge in [0, 0.05) is 29.3 Å². The summed E-state index contributed by atoms with van der Waals surface area (Å²) in [6.07, 6.45) is 7.22. The Balaban J connectivity index is 0.00000160. The first-order chi connectivity index (χ1) is 12.6. The smallest absolute Gasteiger partial charge is 0.180 e. The van der Waals surface area contributed by atoms with Crippen LogP contribution in [0.15, 0.2) is 18.2 Å². The zero-order valence-electron chi connectivity index (χ0n) is 15.4. The van der Waals surface area contributed by atoms with Crippen molar-refractivity contribution in [3.8, 4) is 5.75 Å². The Labute approximate surface area is 174 Å². The summed E-state index contributed by atoms with van der Waals surface area (Å²) >= 11 is 1.69. The van der Waals surface area contributed by atoms with E-state index in [2.05, 4.69) is 22.0 Å². The molecule has 1 aromatic carbocycles. The lowest BCUT2D eigenvalue weighted by Gasteiger charge is -2.58. The number of piperidine rings is 1. The number of nitrogens with two attached hydrogens (primary N) is 1. The Morgan fingerprint density at radius 2 is 2.15 bits per heavy atom. The topological polar surface area (TPSA) is 62.4 Å². The van der Waals surface area contributed by atoms with Crippen LogP contribution in [0.25, 0.3) is 0 Å². The number of halogens is 1. The summed E-state index contributed by atoms with van der Waals surface area (Å²) in [5.74, 6) is 1.96. The third kappa shape index (κ3) is 2.67. The van der Waals surface area contributed by atoms with Gasteiger partial charge in [-0.15, -0.1) is 28.3 Å². The van der Waals surface area contributed by atoms with Crippen LogP contribution >= 0.6 is 28.3 Å². The fourth-order valence-corrected chi connectivity index (χ4v) is 6.97. The molecule has 1 saturated carbocycles. The average molecular weight is 448 g/mol. The molecule has 2 fully saturated rings. The van der Waals surface area contributed by atoms with E-state index in [4.69, 9.17) is 5.73 Å². The number of phenols is 1. The zero-order chi connectivity index (χ0) is 17.5. The van der Waals surface area contributed by atoms with E-state index >= 15 is 0 Å². The SMILES string of the molecule is Br.Nc1nc2c(s1)C[C@H]1[C@H]3Cc4ccc(O)cc4[C@@]1(CCN3CC1CC1)C2. The summed E-state index contributed by atoms with van der Waals surface area (Å²) in [5.41, 5.74) is 10.2. The molecule has 1 aliphatic heterocycles. The second-order valence-electron chi connectivity index (χ2n) is 8.87. The van der Waals surface area contributed by atoms with Crippen molar-refractivity contribution in [2.24, 2.45) is 11.8 Å². The molecule has 3 aliphatic carbocycles. The van der Waals surface area contributed by atoms with E-state index in [0.29, 0.717) is 22.8 Å². The number of nitrogens with zero attached hydrogens (tertiary/aromatic N) is 2. The lowest BCUT2D eigenvalue weighted by Crippen LogP contribution is -2.62. The number of aromatic nitrogens is 1. The fraction of sp³-hybridized carbons (Fsp3) is 0.571. The molecule has 6 heteroatoms. The van der Waals surface area contributed by atoms with Crippen molar-refractivity contribution in [3.63, 3.8) is 0 Å². The van der Waals surface area contributed by atoms with Crippen LogP contribution in [0.3, 0.4) is 0 Å². The maximum atomic E-state index is 10.2. The summed E-state index contributed by atoms with van der Waals surface area (Å²) < 4.78 is 0. The van der Waals surface area contributed by atoms with Crippen molar-refractivity contribution in [1.29, 1.82) is 0 Å². The van der Waals surface area contributed by atoms with Gasteiger partial charge in [0.2, 0.25) is 0 Å². The number of fused-ring (bicyclic) bond motifs is 2. The maximum absolute atomic E-state index is 10.2. The van der Waals surface area contributed by atoms with E-state index in [1.165, 1.54) is 54.0 Å². The van der Waals surface area contributed by atoms with Gasteiger partial charge in [0.1, 0.15) is 5.75 Å². The Morgan fingerprint density at radius 3 is 2.96 bits per heavy atom. The van der Waals surface area contributed by atoms with Crippen molar-refractivity contribution in [3.05, 3.63) is 39.9 Å². The van der Waals surface area contributed by atoms with Crippen LogP contribution in [0.2, 0.25) is 0 Å². The van der Waals surface area contributed by atoms with Crippen LogP contribution in [0, 0.1) is 11.8 Å². The van der Waals surface area contributed by atoms with Crippen LogP contribution in [0.5, 0.6) is 5.75 Å². The van der Waals surface area contributed by atoms with Crippen molar-refractivity contribution >= 4 is 33.4 Å². The normalized spacial score (nSPS) is 31.4. The zero-order valence-corrected chi connectivity index (χ0v) is 17.9. The molecule has 0 spiro atoms. The maximum Gasteiger partial charge on any atom is 0.180 e. The molecule has 0 unspecified atom stereocenters. The second-order valence-corrected chi connectivity index (χ2v) is 9.98. The Morgan fingerprint density at radius 1 is 1.30 bits per heavy atom. The van der Waals surface area contributed by atoms with Gasteiger partial charge >= 0.3 is 0 Å². The van der Waals surface area contributed by atoms with E-state index in [9.17, 15) is 5.11 Å². The van der Waals surface area contributed by atoms with Crippen LogP contribution in [0.4, 0.5) is 5.13 Å². The molecule has 3 atom stereocenters. The standard InChI is InChI=1S/C21H25N3OS.BrH/c22-20-23-17-10-21-5-6-24(11-12-1-2-12)18(16(21)9-19(17)26-20)7-13-3-4-14(25)8-15(13)21;/h3-4,8,12,16,18,25H,1-2,5-7,9-11H2,(H2,22,23);1H/t16-,18+,21+;/m0./s1. The molecule has 4 aliphatic rings. The first-order valence-electron chi connectivity index (χ1n) is 9.93. The van der Waals surface area contributed by atoms with E-state index in [1.807, 2.05) is 6.07 Å². The molecule has 1 aromatic heterocycles. The molecule has 144 valence electrons. The first-order valence-corrected chi connectivity index (χ1v) is 10.7. The Kier molecular flexibility index (Phi) is 4.12. The van der Waals surface area contributed by atoms with Gasteiger partial charge in [0.05, 0.1) is 5.69 Å². The molecular formula is C21H26BrN3OS. The average Bonchev–Trinajstić information content (AvgIpc) is 3.35. The van der Waals surface area contributed by atoms with Gasteiger partial charge < -0.3 is 10.8 Å². The van der Waals surface area contributed by atoms with Gasteiger partial charge in [-0.3, -0.25) is 4.90 Å². The van der Waals surface area contributed by atoms with Crippen LogP contribution in [-0.4, -0.2) is 34.1 Å². The summed E-state index contributed by atoms with van der Waals surface area (Å²) in [5, 5.41) is 10.9. The van der Waals surface area contributed by atoms with E-state index < -0.39 is 0 Å². The minimum Gasteiger partial charge on any atom is -0.508 e. The summed E-state index contributed by atoms with van der Waals surface area (Å²) in [6, 6.07) is 6.71. The quantitative estimate of drug-likeness (QED) is 0.736. The van der Waals surface area contributed by atoms with Gasteiger partial charge in [-0.1, -0.05) is 6.07 Å². The third-order valence-electron chi connectivity index (χ3n) is 7.42. The lowest BCUT2D eigenvalue weighted by molar-refractivity contribution is 0.00544. The number of benzene rings is 1. The second kappa shape index (κ2) is 6.19. The van der Waals surface area contributed by atoms with Gasteiger partial charge in [-0.25, -0.2) is 4.98 Å². The monoisotopic (exact) mass is 447 g/mol. The molecule has 0 amide bonds. The highest BCUT2D eigenvalue weighted by Crippen LogP contribution is 2.56. The van der Waals surface area contributed by atoms with E-state index in [0.717, 1.165) is 25.2 Å². The number of likely N-dealkylation sites (tertiary alicyclic amines) is 1. The fourth-order valence-electron chi connectivity index (χ4n) is 6.06. The highest BCUT2D eigenvalue weighted by Gasteiger charge is 2.56. The molecular weight excluding hydrogens is 422 g/mol. The number of nitrogen functional groups attached to an aromatic ring is 1. The van der Waals surface area contributed by atoms with Crippen LogP contribution in [-0.2, 0) is 24.7 Å². The number of hydrogen-bond donors (Lipinski definition) is 2. The lowest BCUT2D eigenvalue weighted by atomic mass is 9.53. The minimum atomic E-state index is 0. The number of hydrogen-bond acceptors (Lipinski definition) is 5. The van der Waals surface area contributed by atoms with Crippen molar-refractivity contribution in [2.45, 2.75) is 50.0 Å². The van der Waals surface area contributed by atoms with Gasteiger partial charge in [0.15, 0.2) is 5.13 Å². The van der Waals surface area contributed by atoms with E-state index in [-0.39, 0.29) is 22.4 Å². The molecule has 2 bridgehead atoms. The van der Waals surface area contributed by atoms with Crippen molar-refractivity contribution in [1.82, 2.24) is 9.88 Å². The van der Waals surface area contributed by atoms with Gasteiger partial charge in [-0.2, -0.15) is 0 Å². The molecule has 6 rings (SSSR count). The predicted octanol–water partition coefficient (Wildman–Crippen LogP) is 3.70. The Hall–Kier alpha value is -1.11. The van der Waals surface area contributed by atoms with Crippen molar-refractivity contribution in [2.75, 3.05) is 18.8 Å². The number of thiazole rings is 1. The van der Waals surface area contributed by atoms with Crippen molar-refractivity contribution < 1.29 is 5.11 Å². The molecule has 0 radical (unpaired) electrons. The number of aromatic hydroxyl groups is 1. The predicted molar refractivity (Wildman–Crippen MR) is 114 cm³/mol. The first kappa shape index (κ1) is 18.0. The van der Waals surface area contributed by atoms with Crippen LogP contribution < -0.4 is 5.73 Å². The minimum absolute atomic E-state index is 0. The molecule has 3 N–H and O–H groups in total. The largest absolute Gasteiger partial charge is 0.508 e. The summed E-state index contributed by atoms with van der Waals surface area (Å²) in [6.45, 7) is 2.46. The number of rotatable bonds is 2. The molecule has 27 heavy (non-hydrogen) atoms. The summed E-state index contributed by atoms with van der Waals surface area (Å²) in [7, 11) is 0. The van der Waals surface area contributed by atoms with E-state index in [1.54, 1.807) is 11.3 Å². The molecule has 4 nitrogen and oxygen atoms in total. The highest BCUT2D eigenvalue weighted by atomic mass is 79.9. The number of phenolic OH excluding ortho intramolecular Hbond substituents is 1. The van der Waals surface area contributed by atoms with Gasteiger partial charge in [0.25, 0.3) is 0 Å². The molecule has 2 aromatic rings. The molecule has 1 saturated heterocycles. The Bertz CT molecular complexity index is 896. The number of anilines is 1. The van der Waals surface area contributed by atoms with Crippen LogP contribution in [0.1, 0.15) is 41.0 Å². The summed E-state index contributed by atoms with van der Waals surface area (Å²) in [4.78, 5) is 8.88.